The highest BCUT2D eigenvalue weighted by Crippen LogP contribution is 2.51. The highest BCUT2D eigenvalue weighted by atomic mass is 16.6. The van der Waals surface area contributed by atoms with Gasteiger partial charge in [-0.1, -0.05) is 13.8 Å². The smallest absolute Gasteiger partial charge is 0.332 e. The Morgan fingerprint density at radius 2 is 2.12 bits per heavy atom. The summed E-state index contributed by atoms with van der Waals surface area (Å²) in [5, 5.41) is 3.40. The maximum atomic E-state index is 11.0. The zero-order valence-corrected chi connectivity index (χ0v) is 11.3. The van der Waals surface area contributed by atoms with Gasteiger partial charge >= 0.3 is 5.97 Å². The second-order valence-electron chi connectivity index (χ2n) is 5.05. The molecular weight excluding hydrogens is 218 g/mol. The van der Waals surface area contributed by atoms with Crippen molar-refractivity contribution in [3.63, 3.8) is 0 Å². The van der Waals surface area contributed by atoms with Gasteiger partial charge in [-0.3, -0.25) is 0 Å². The highest BCUT2D eigenvalue weighted by Gasteiger charge is 2.44. The van der Waals surface area contributed by atoms with Crippen LogP contribution in [0.3, 0.4) is 0 Å². The van der Waals surface area contributed by atoms with Crippen LogP contribution >= 0.6 is 0 Å². The molecule has 0 saturated heterocycles. The van der Waals surface area contributed by atoms with Gasteiger partial charge in [0.1, 0.15) is 6.61 Å². The van der Waals surface area contributed by atoms with Crippen molar-refractivity contribution in [3.05, 3.63) is 0 Å². The maximum Gasteiger partial charge on any atom is 0.332 e. The summed E-state index contributed by atoms with van der Waals surface area (Å²) in [6.07, 6.45) is 2.67. The first-order chi connectivity index (χ1) is 8.10. The Morgan fingerprint density at radius 3 is 2.65 bits per heavy atom. The van der Waals surface area contributed by atoms with Crippen LogP contribution in [0.25, 0.3) is 0 Å². The van der Waals surface area contributed by atoms with Gasteiger partial charge in [0.15, 0.2) is 0 Å². The fourth-order valence-corrected chi connectivity index (χ4v) is 1.96. The van der Waals surface area contributed by atoms with Gasteiger partial charge in [-0.25, -0.2) is 4.79 Å². The van der Waals surface area contributed by atoms with E-state index in [4.69, 9.17) is 9.47 Å². The first kappa shape index (κ1) is 14.5. The summed E-state index contributed by atoms with van der Waals surface area (Å²) in [6, 6.07) is 0. The average Bonchev–Trinajstić information content (AvgIpc) is 3.04. The first-order valence-electron chi connectivity index (χ1n) is 6.55. The lowest BCUT2D eigenvalue weighted by Gasteiger charge is -2.19. The molecule has 4 nitrogen and oxygen atoms in total. The molecule has 0 aromatic rings. The van der Waals surface area contributed by atoms with Crippen LogP contribution in [0, 0.1) is 11.3 Å². The summed E-state index contributed by atoms with van der Waals surface area (Å²) in [4.78, 5) is 11.0. The molecule has 1 N–H and O–H groups in total. The second kappa shape index (κ2) is 6.97. The van der Waals surface area contributed by atoms with Gasteiger partial charge in [0, 0.05) is 13.1 Å². The number of nitrogens with one attached hydrogen (secondary N) is 1. The van der Waals surface area contributed by atoms with Crippen LogP contribution in [0.4, 0.5) is 0 Å². The Labute approximate surface area is 104 Å². The van der Waals surface area contributed by atoms with E-state index in [9.17, 15) is 4.79 Å². The zero-order chi connectivity index (χ0) is 12.7. The van der Waals surface area contributed by atoms with E-state index in [1.165, 1.54) is 12.8 Å². The topological polar surface area (TPSA) is 47.6 Å². The number of rotatable bonds is 9. The predicted octanol–water partition coefficient (Wildman–Crippen LogP) is 1.59. The monoisotopic (exact) mass is 243 g/mol. The third kappa shape index (κ3) is 5.04. The Hall–Kier alpha value is -0.610. The number of ether oxygens (including phenoxy) is 2. The summed E-state index contributed by atoms with van der Waals surface area (Å²) in [5.74, 6) is 0.462. The average molecular weight is 243 g/mol. The Bertz CT molecular complexity index is 237. The van der Waals surface area contributed by atoms with Gasteiger partial charge < -0.3 is 14.8 Å². The predicted molar refractivity (Wildman–Crippen MR) is 66.8 cm³/mol. The van der Waals surface area contributed by atoms with Crippen molar-refractivity contribution >= 4 is 5.97 Å². The third-order valence-corrected chi connectivity index (χ3v) is 3.54. The Balaban J connectivity index is 1.93. The van der Waals surface area contributed by atoms with Crippen LogP contribution < -0.4 is 5.32 Å². The van der Waals surface area contributed by atoms with Crippen molar-refractivity contribution in [2.24, 2.45) is 11.3 Å². The molecule has 0 bridgehead atoms. The molecule has 0 aromatic heterocycles. The van der Waals surface area contributed by atoms with Gasteiger partial charge in [0.2, 0.25) is 0 Å². The zero-order valence-electron chi connectivity index (χ0n) is 11.3. The number of hydrogen-bond acceptors (Lipinski definition) is 4. The molecule has 0 unspecified atom stereocenters. The number of esters is 1. The van der Waals surface area contributed by atoms with Crippen LogP contribution in [0.2, 0.25) is 0 Å². The van der Waals surface area contributed by atoms with Crippen molar-refractivity contribution in [1.29, 1.82) is 0 Å². The Kier molecular flexibility index (Phi) is 5.92. The largest absolute Gasteiger partial charge is 0.464 e. The fourth-order valence-electron chi connectivity index (χ4n) is 1.96. The molecule has 0 aliphatic heterocycles. The first-order valence-corrected chi connectivity index (χ1v) is 6.55. The summed E-state index contributed by atoms with van der Waals surface area (Å²) >= 11 is 0. The number of carbonyl (C=O) groups is 1. The lowest BCUT2D eigenvalue weighted by Crippen LogP contribution is -2.30. The molecular formula is C13H25NO3. The van der Waals surface area contributed by atoms with E-state index in [-0.39, 0.29) is 12.6 Å². The standard InChI is InChI=1S/C13H25NO3/c1-4-17-12(15)9-16-8-7-14-10-13(5-6-13)11(2)3/h11,14H,4-10H2,1-3H3. The van der Waals surface area contributed by atoms with Gasteiger partial charge in [0.25, 0.3) is 0 Å². The molecule has 17 heavy (non-hydrogen) atoms. The van der Waals surface area contributed by atoms with Gasteiger partial charge in [0.05, 0.1) is 13.2 Å². The minimum atomic E-state index is -0.284. The number of hydrogen-bond donors (Lipinski definition) is 1. The molecule has 0 heterocycles. The molecule has 0 spiro atoms. The SMILES string of the molecule is CCOC(=O)COCCNCC1(C(C)C)CC1. The lowest BCUT2D eigenvalue weighted by molar-refractivity contribution is -0.148. The molecule has 4 heteroatoms. The van der Waals surface area contributed by atoms with E-state index < -0.39 is 0 Å². The molecule has 1 aliphatic rings. The second-order valence-corrected chi connectivity index (χ2v) is 5.05. The van der Waals surface area contributed by atoms with Crippen LogP contribution in [-0.4, -0.2) is 38.9 Å². The van der Waals surface area contributed by atoms with E-state index >= 15 is 0 Å². The lowest BCUT2D eigenvalue weighted by atomic mass is 9.92. The van der Waals surface area contributed by atoms with Crippen molar-refractivity contribution < 1.29 is 14.3 Å². The molecule has 1 fully saturated rings. The van der Waals surface area contributed by atoms with Crippen molar-refractivity contribution in [2.45, 2.75) is 33.6 Å². The maximum absolute atomic E-state index is 11.0. The quantitative estimate of drug-likeness (QED) is 0.493. The van der Waals surface area contributed by atoms with E-state index in [2.05, 4.69) is 19.2 Å². The van der Waals surface area contributed by atoms with E-state index in [0.717, 1.165) is 19.0 Å². The molecule has 0 atom stereocenters. The fraction of sp³-hybridized carbons (Fsp3) is 0.923. The highest BCUT2D eigenvalue weighted by molar-refractivity contribution is 5.70. The summed E-state index contributed by atoms with van der Waals surface area (Å²) < 4.78 is 9.97. The van der Waals surface area contributed by atoms with E-state index in [1.54, 1.807) is 6.92 Å². The molecule has 1 rings (SSSR count). The minimum absolute atomic E-state index is 0.0604. The van der Waals surface area contributed by atoms with Crippen molar-refractivity contribution in [2.75, 3.05) is 32.9 Å². The van der Waals surface area contributed by atoms with E-state index in [1.807, 2.05) is 0 Å². The molecule has 0 radical (unpaired) electrons. The number of carbonyl (C=O) groups excluding carboxylic acids is 1. The summed E-state index contributed by atoms with van der Waals surface area (Å²) in [6.45, 7) is 9.26. The Morgan fingerprint density at radius 1 is 1.41 bits per heavy atom. The molecule has 0 aromatic carbocycles. The van der Waals surface area contributed by atoms with Crippen molar-refractivity contribution in [1.82, 2.24) is 5.32 Å². The van der Waals surface area contributed by atoms with Gasteiger partial charge in [-0.2, -0.15) is 0 Å². The van der Waals surface area contributed by atoms with Gasteiger partial charge in [-0.15, -0.1) is 0 Å². The van der Waals surface area contributed by atoms with Crippen LogP contribution in [-0.2, 0) is 14.3 Å². The van der Waals surface area contributed by atoms with Crippen LogP contribution in [0.5, 0.6) is 0 Å². The summed E-state index contributed by atoms with van der Waals surface area (Å²) in [7, 11) is 0. The van der Waals surface area contributed by atoms with Crippen molar-refractivity contribution in [3.8, 4) is 0 Å². The molecule has 100 valence electrons. The van der Waals surface area contributed by atoms with Crippen LogP contribution in [0.1, 0.15) is 33.6 Å². The third-order valence-electron chi connectivity index (χ3n) is 3.54. The molecule has 1 saturated carbocycles. The normalized spacial score (nSPS) is 17.2. The van der Waals surface area contributed by atoms with Gasteiger partial charge in [-0.05, 0) is 31.1 Å². The minimum Gasteiger partial charge on any atom is -0.464 e. The van der Waals surface area contributed by atoms with Crippen LogP contribution in [0.15, 0.2) is 0 Å². The van der Waals surface area contributed by atoms with E-state index in [0.29, 0.717) is 18.6 Å². The summed E-state index contributed by atoms with van der Waals surface area (Å²) in [5.41, 5.74) is 0.529. The molecule has 0 amide bonds. The molecule has 1 aliphatic carbocycles.